The zero-order valence-electron chi connectivity index (χ0n) is 23.0. The number of carboxylic acids is 1. The van der Waals surface area contributed by atoms with Gasteiger partial charge in [-0.2, -0.15) is 0 Å². The van der Waals surface area contributed by atoms with Crippen molar-refractivity contribution in [2.45, 2.75) is 57.3 Å². The van der Waals surface area contributed by atoms with Crippen LogP contribution in [0.3, 0.4) is 0 Å². The summed E-state index contributed by atoms with van der Waals surface area (Å²) >= 11 is 0. The van der Waals surface area contributed by atoms with Gasteiger partial charge in [-0.15, -0.1) is 0 Å². The van der Waals surface area contributed by atoms with E-state index in [-0.39, 0.29) is 24.5 Å². The molecular weight excluding hydrogens is 530 g/mol. The fourth-order valence-corrected chi connectivity index (χ4v) is 4.38. The Morgan fingerprint density at radius 1 is 0.902 bits per heavy atom. The Labute approximate surface area is 237 Å². The van der Waals surface area contributed by atoms with Crippen molar-refractivity contribution in [3.8, 4) is 5.75 Å². The van der Waals surface area contributed by atoms with E-state index < -0.39 is 54.5 Å². The normalized spacial score (nSPS) is 14.8. The number of carboxylic acid groups (broad SMARTS) is 1. The topological polar surface area (TPSA) is 207 Å². The summed E-state index contributed by atoms with van der Waals surface area (Å²) < 4.78 is 0. The maximum Gasteiger partial charge on any atom is 0.326 e. The lowest BCUT2D eigenvalue weighted by Gasteiger charge is -2.28. The van der Waals surface area contributed by atoms with Crippen molar-refractivity contribution >= 4 is 34.6 Å². The molecule has 5 unspecified atom stereocenters. The molecule has 0 aliphatic heterocycles. The monoisotopic (exact) mass is 567 g/mol. The van der Waals surface area contributed by atoms with Gasteiger partial charge in [0.2, 0.25) is 17.7 Å². The molecule has 0 saturated heterocycles. The summed E-state index contributed by atoms with van der Waals surface area (Å²) in [6, 6.07) is 8.57. The van der Waals surface area contributed by atoms with Gasteiger partial charge in [-0.3, -0.25) is 14.4 Å². The van der Waals surface area contributed by atoms with Gasteiger partial charge in [0, 0.05) is 29.9 Å². The number of aliphatic hydroxyl groups is 1. The van der Waals surface area contributed by atoms with Crippen LogP contribution in [0.25, 0.3) is 10.9 Å². The number of aromatic nitrogens is 1. The predicted molar refractivity (Wildman–Crippen MR) is 152 cm³/mol. The highest BCUT2D eigenvalue weighted by atomic mass is 16.4. The summed E-state index contributed by atoms with van der Waals surface area (Å²) in [6.07, 6.45) is 2.21. The van der Waals surface area contributed by atoms with Gasteiger partial charge in [0.25, 0.3) is 0 Å². The molecule has 12 heteroatoms. The van der Waals surface area contributed by atoms with E-state index in [1.165, 1.54) is 12.1 Å². The van der Waals surface area contributed by atoms with Crippen LogP contribution in [0.2, 0.25) is 0 Å². The van der Waals surface area contributed by atoms with E-state index in [9.17, 15) is 34.5 Å². The molecule has 220 valence electrons. The first-order chi connectivity index (χ1) is 19.5. The van der Waals surface area contributed by atoms with Gasteiger partial charge >= 0.3 is 5.97 Å². The number of nitrogens with one attached hydrogen (secondary N) is 4. The second-order valence-electron chi connectivity index (χ2n) is 10.1. The van der Waals surface area contributed by atoms with E-state index in [0.29, 0.717) is 12.0 Å². The first-order valence-electron chi connectivity index (χ1n) is 13.4. The van der Waals surface area contributed by atoms with E-state index >= 15 is 0 Å². The smallest absolute Gasteiger partial charge is 0.326 e. The number of phenols is 1. The Bertz CT molecular complexity index is 1360. The molecule has 1 heterocycles. The van der Waals surface area contributed by atoms with Crippen LogP contribution in [0.5, 0.6) is 5.75 Å². The highest BCUT2D eigenvalue weighted by Crippen LogP contribution is 2.20. The fourth-order valence-electron chi connectivity index (χ4n) is 4.38. The molecule has 1 aromatic heterocycles. The van der Waals surface area contributed by atoms with Crippen LogP contribution in [-0.2, 0) is 32.0 Å². The van der Waals surface area contributed by atoms with Crippen molar-refractivity contribution in [1.82, 2.24) is 20.9 Å². The van der Waals surface area contributed by atoms with Gasteiger partial charge in [-0.1, -0.05) is 50.6 Å². The number of carbonyl (C=O) groups is 4. The predicted octanol–water partition coefficient (Wildman–Crippen LogP) is 0.563. The number of benzene rings is 2. The third-order valence-corrected chi connectivity index (χ3v) is 7.05. The molecule has 3 amide bonds. The summed E-state index contributed by atoms with van der Waals surface area (Å²) in [5, 5.41) is 37.2. The van der Waals surface area contributed by atoms with E-state index in [1.54, 1.807) is 25.3 Å². The SMILES string of the molecule is CCC(C)C(NC(=O)C(N)CO)C(=O)NC(Cc1c[nH]c2ccccc12)C(=O)NC(Cc1ccc(O)cc1)C(=O)O. The highest BCUT2D eigenvalue weighted by Gasteiger charge is 2.33. The maximum atomic E-state index is 13.6. The average Bonchev–Trinajstić information content (AvgIpc) is 3.37. The van der Waals surface area contributed by atoms with Gasteiger partial charge in [0.15, 0.2) is 0 Å². The number of aromatic amines is 1. The summed E-state index contributed by atoms with van der Waals surface area (Å²) in [5.74, 6) is -3.69. The Morgan fingerprint density at radius 2 is 1.56 bits per heavy atom. The summed E-state index contributed by atoms with van der Waals surface area (Å²) in [5.41, 5.74) is 7.75. The minimum Gasteiger partial charge on any atom is -0.508 e. The molecule has 0 aliphatic rings. The van der Waals surface area contributed by atoms with Crippen molar-refractivity contribution in [3.63, 3.8) is 0 Å². The number of aliphatic carboxylic acids is 1. The molecule has 3 aromatic rings. The molecule has 2 aromatic carbocycles. The Kier molecular flexibility index (Phi) is 10.8. The van der Waals surface area contributed by atoms with E-state index in [2.05, 4.69) is 20.9 Å². The van der Waals surface area contributed by atoms with Crippen molar-refractivity contribution in [2.75, 3.05) is 6.61 Å². The van der Waals surface area contributed by atoms with Crippen molar-refractivity contribution < 1.29 is 34.5 Å². The Balaban J connectivity index is 1.88. The van der Waals surface area contributed by atoms with Gasteiger partial charge in [0.05, 0.1) is 6.61 Å². The zero-order chi connectivity index (χ0) is 30.1. The highest BCUT2D eigenvalue weighted by molar-refractivity contribution is 5.95. The minimum atomic E-state index is -1.32. The number of phenolic OH excluding ortho intramolecular Hbond substituents is 1. The number of amides is 3. The van der Waals surface area contributed by atoms with Gasteiger partial charge in [-0.25, -0.2) is 4.79 Å². The molecule has 5 atom stereocenters. The third kappa shape index (κ3) is 8.29. The van der Waals surface area contributed by atoms with Crippen molar-refractivity contribution in [2.24, 2.45) is 11.7 Å². The van der Waals surface area contributed by atoms with Crippen LogP contribution in [-0.4, -0.2) is 74.8 Å². The number of fused-ring (bicyclic) bond motifs is 1. The van der Waals surface area contributed by atoms with E-state index in [0.717, 1.165) is 16.5 Å². The van der Waals surface area contributed by atoms with Crippen LogP contribution in [0.1, 0.15) is 31.4 Å². The van der Waals surface area contributed by atoms with Gasteiger partial charge in [-0.05, 0) is 35.2 Å². The largest absolute Gasteiger partial charge is 0.508 e. The molecular formula is C29H37N5O7. The number of para-hydroxylation sites is 1. The van der Waals surface area contributed by atoms with Crippen LogP contribution >= 0.6 is 0 Å². The lowest BCUT2D eigenvalue weighted by molar-refractivity contribution is -0.142. The Morgan fingerprint density at radius 3 is 2.20 bits per heavy atom. The lowest BCUT2D eigenvalue weighted by Crippen LogP contribution is -2.59. The standard InChI is InChI=1S/C29H37N5O7/c1-3-16(2)25(34-26(37)21(30)15-35)28(39)32-23(13-18-14-31-22-7-5-4-6-20(18)22)27(38)33-24(29(40)41)12-17-8-10-19(36)11-9-17/h4-11,14,16,21,23-25,31,35-36H,3,12-13,15,30H2,1-2H3,(H,32,39)(H,33,38)(H,34,37)(H,40,41). The summed E-state index contributed by atoms with van der Waals surface area (Å²) in [4.78, 5) is 54.6. The average molecular weight is 568 g/mol. The van der Waals surface area contributed by atoms with Crippen LogP contribution in [0, 0.1) is 5.92 Å². The Hall–Kier alpha value is -4.42. The molecule has 0 aliphatic carbocycles. The number of carbonyl (C=O) groups excluding carboxylic acids is 3. The number of aromatic hydroxyl groups is 1. The quantitative estimate of drug-likeness (QED) is 0.138. The molecule has 0 fully saturated rings. The molecule has 9 N–H and O–H groups in total. The van der Waals surface area contributed by atoms with Gasteiger partial charge < -0.3 is 42.0 Å². The number of H-pyrrole nitrogens is 1. The molecule has 0 radical (unpaired) electrons. The zero-order valence-corrected chi connectivity index (χ0v) is 23.0. The number of nitrogens with two attached hydrogens (primary N) is 1. The molecule has 0 spiro atoms. The first-order valence-corrected chi connectivity index (χ1v) is 13.4. The summed E-state index contributed by atoms with van der Waals surface area (Å²) in [7, 11) is 0. The van der Waals surface area contributed by atoms with Gasteiger partial charge in [0.1, 0.15) is 29.9 Å². The molecule has 0 saturated carbocycles. The number of hydrogen-bond acceptors (Lipinski definition) is 7. The number of aliphatic hydroxyl groups excluding tert-OH is 1. The number of hydrogen-bond donors (Lipinski definition) is 8. The molecule has 3 rings (SSSR count). The molecule has 41 heavy (non-hydrogen) atoms. The molecule has 0 bridgehead atoms. The van der Waals surface area contributed by atoms with E-state index in [1.807, 2.05) is 31.2 Å². The molecule has 12 nitrogen and oxygen atoms in total. The van der Waals surface area contributed by atoms with Crippen LogP contribution < -0.4 is 21.7 Å². The minimum absolute atomic E-state index is 0.0223. The second kappa shape index (κ2) is 14.3. The van der Waals surface area contributed by atoms with Crippen LogP contribution in [0.15, 0.2) is 54.7 Å². The van der Waals surface area contributed by atoms with Crippen LogP contribution in [0.4, 0.5) is 0 Å². The lowest BCUT2D eigenvalue weighted by atomic mass is 9.96. The van der Waals surface area contributed by atoms with Crippen molar-refractivity contribution in [3.05, 3.63) is 65.9 Å². The maximum absolute atomic E-state index is 13.6. The third-order valence-electron chi connectivity index (χ3n) is 7.05. The number of rotatable bonds is 14. The fraction of sp³-hybridized carbons (Fsp3) is 0.379. The second-order valence-corrected chi connectivity index (χ2v) is 10.1. The van der Waals surface area contributed by atoms with E-state index in [4.69, 9.17) is 5.73 Å². The summed E-state index contributed by atoms with van der Waals surface area (Å²) in [6.45, 7) is 2.98. The first kappa shape index (κ1) is 31.1. The van der Waals surface area contributed by atoms with Crippen molar-refractivity contribution in [1.29, 1.82) is 0 Å².